The lowest BCUT2D eigenvalue weighted by atomic mass is 10.0. The van der Waals surface area contributed by atoms with Gasteiger partial charge in [-0.2, -0.15) is 0 Å². The van der Waals surface area contributed by atoms with Crippen LogP contribution in [0.15, 0.2) is 60.7 Å². The Labute approximate surface area is 396 Å². The third-order valence-corrected chi connectivity index (χ3v) is 11.9. The van der Waals surface area contributed by atoms with E-state index in [-0.39, 0.29) is 54.3 Å². The Morgan fingerprint density at radius 2 is 1.39 bits per heavy atom. The quantitative estimate of drug-likeness (QED) is 0.0496. The number of rotatable bonds is 25. The molecule has 69 heavy (non-hydrogen) atoms. The monoisotopic (exact) mass is 959 g/mol. The van der Waals surface area contributed by atoms with Gasteiger partial charge in [-0.25, -0.2) is 8.78 Å². The number of imide groups is 2. The number of likely N-dealkylation sites (N-methyl/N-ethyl adjacent to an activating group) is 2. The number of fused-ring (bicyclic) bond motifs is 2. The zero-order valence-electron chi connectivity index (χ0n) is 38.4. The Hall–Kier alpha value is -6.65. The number of aromatic nitrogens is 1. The zero-order valence-corrected chi connectivity index (χ0v) is 38.4. The summed E-state index contributed by atoms with van der Waals surface area (Å²) in [5, 5.41) is 5.52. The maximum Gasteiger partial charge on any atom is 0.270 e. The molecule has 7 amide bonds. The molecule has 4 aromatic rings. The number of carbonyl (C=O) groups is 7. The largest absolute Gasteiger partial charge is 0.377 e. The van der Waals surface area contributed by atoms with Gasteiger partial charge in [0.15, 0.2) is 0 Å². The normalized spacial score (nSPS) is 17.0. The Morgan fingerprint density at radius 3 is 2.04 bits per heavy atom. The van der Waals surface area contributed by atoms with E-state index in [0.717, 1.165) is 23.1 Å². The van der Waals surface area contributed by atoms with E-state index in [4.69, 9.17) is 23.7 Å². The van der Waals surface area contributed by atoms with E-state index in [0.29, 0.717) is 114 Å². The minimum Gasteiger partial charge on any atom is -0.377 e. The third-order valence-electron chi connectivity index (χ3n) is 11.9. The van der Waals surface area contributed by atoms with Crippen LogP contribution in [0, 0.1) is 17.6 Å². The van der Waals surface area contributed by atoms with Crippen LogP contribution < -0.4 is 20.4 Å². The Balaban J connectivity index is 0.695. The smallest absolute Gasteiger partial charge is 0.270 e. The highest BCUT2D eigenvalue weighted by atomic mass is 19.1. The van der Waals surface area contributed by atoms with Gasteiger partial charge in [-0.15, -0.1) is 0 Å². The zero-order chi connectivity index (χ0) is 49.0. The van der Waals surface area contributed by atoms with E-state index < -0.39 is 53.1 Å². The fourth-order valence-corrected chi connectivity index (χ4v) is 8.24. The minimum absolute atomic E-state index is 0.0480. The standard InChI is InChI=1S/C48H55F2N7O12/c1-54(39-5-3-4-35-42(39)48(64)57(46(35)62)40-8-9-41(58)53-44(40)60)12-14-65-16-18-67-20-22-69-23-21-68-19-17-66-15-13-55(2)47(63)38-27-31-26-34(6-7-37(31)52-38)56-11-10-36(45(56)61)43(59)51-29-30-24-32(49)28-33(50)25-30/h3-7,24-28,36,40,52H,8-23,29H2,1-2H3,(H,51,59)(H,53,58,60)/t36-,40?/m1/s1. The molecule has 0 spiro atoms. The highest BCUT2D eigenvalue weighted by Gasteiger charge is 2.46. The summed E-state index contributed by atoms with van der Waals surface area (Å²) in [5.74, 6) is -5.81. The van der Waals surface area contributed by atoms with Crippen molar-refractivity contribution in [1.29, 1.82) is 0 Å². The van der Waals surface area contributed by atoms with E-state index in [1.165, 1.54) is 9.80 Å². The molecule has 3 N–H and O–H groups in total. The summed E-state index contributed by atoms with van der Waals surface area (Å²) in [5.41, 5.74) is 2.87. The van der Waals surface area contributed by atoms with Gasteiger partial charge in [-0.1, -0.05) is 6.07 Å². The van der Waals surface area contributed by atoms with Crippen molar-refractivity contribution in [2.45, 2.75) is 31.8 Å². The second-order valence-electron chi connectivity index (χ2n) is 16.6. The van der Waals surface area contributed by atoms with Crippen molar-refractivity contribution in [1.82, 2.24) is 25.4 Å². The molecule has 19 nitrogen and oxygen atoms in total. The van der Waals surface area contributed by atoms with Gasteiger partial charge in [0.25, 0.3) is 17.7 Å². The van der Waals surface area contributed by atoms with Crippen LogP contribution in [0.5, 0.6) is 0 Å². The van der Waals surface area contributed by atoms with Gasteiger partial charge in [0.05, 0.1) is 82.9 Å². The van der Waals surface area contributed by atoms with E-state index in [1.54, 1.807) is 56.6 Å². The summed E-state index contributed by atoms with van der Waals surface area (Å²) >= 11 is 0. The summed E-state index contributed by atoms with van der Waals surface area (Å²) in [6.45, 7) is 4.40. The molecule has 1 aromatic heterocycles. The number of hydrogen-bond acceptors (Lipinski definition) is 13. The molecular formula is C48H55F2N7O12. The van der Waals surface area contributed by atoms with Crippen LogP contribution in [-0.4, -0.2) is 162 Å². The fraction of sp³-hybridized carbons (Fsp3) is 0.438. The first-order valence-corrected chi connectivity index (χ1v) is 22.7. The van der Waals surface area contributed by atoms with Crippen molar-refractivity contribution >= 4 is 63.6 Å². The van der Waals surface area contributed by atoms with Crippen LogP contribution in [0.3, 0.4) is 0 Å². The molecule has 4 heterocycles. The van der Waals surface area contributed by atoms with E-state index in [2.05, 4.69) is 15.6 Å². The molecule has 2 atom stereocenters. The number of benzene rings is 3. The predicted molar refractivity (Wildman–Crippen MR) is 244 cm³/mol. The predicted octanol–water partition coefficient (Wildman–Crippen LogP) is 2.81. The van der Waals surface area contributed by atoms with Crippen molar-refractivity contribution in [3.05, 3.63) is 94.7 Å². The van der Waals surface area contributed by atoms with Crippen molar-refractivity contribution in [2.24, 2.45) is 5.92 Å². The minimum atomic E-state index is -1.03. The van der Waals surface area contributed by atoms with Crippen LogP contribution in [0.25, 0.3) is 10.9 Å². The number of nitrogens with one attached hydrogen (secondary N) is 3. The SMILES string of the molecule is CN(CCOCCOCCOCCOCCOCCN(C)c1cccc2c1C(=O)N(C1CCC(=O)NC1=O)C2=O)C(=O)c1cc2cc(N3CC[C@H](C(=O)NCc4cc(F)cc(F)c4)C3=O)ccc2[nH]1. The molecule has 368 valence electrons. The summed E-state index contributed by atoms with van der Waals surface area (Å²) in [6, 6.07) is 13.9. The number of H-pyrrole nitrogens is 1. The lowest BCUT2D eigenvalue weighted by molar-refractivity contribution is -0.136. The molecule has 3 aliphatic heterocycles. The number of anilines is 2. The van der Waals surface area contributed by atoms with Gasteiger partial charge in [0.2, 0.25) is 23.6 Å². The lowest BCUT2D eigenvalue weighted by Crippen LogP contribution is -2.54. The van der Waals surface area contributed by atoms with Gasteiger partial charge in [0, 0.05) is 69.4 Å². The average molecular weight is 960 g/mol. The molecule has 3 aliphatic rings. The molecule has 21 heteroatoms. The molecule has 3 aromatic carbocycles. The summed E-state index contributed by atoms with van der Waals surface area (Å²) in [4.78, 5) is 98.7. The number of ether oxygens (including phenoxy) is 5. The summed E-state index contributed by atoms with van der Waals surface area (Å²) in [7, 11) is 3.45. The van der Waals surface area contributed by atoms with Crippen LogP contribution in [-0.2, 0) is 49.4 Å². The molecule has 2 fully saturated rings. The van der Waals surface area contributed by atoms with Crippen molar-refractivity contribution in [2.75, 3.05) is 110 Å². The maximum atomic E-state index is 13.5. The van der Waals surface area contributed by atoms with Gasteiger partial charge in [-0.05, 0) is 66.9 Å². The Kier molecular flexibility index (Phi) is 17.2. The van der Waals surface area contributed by atoms with Crippen LogP contribution in [0.2, 0.25) is 0 Å². The highest BCUT2D eigenvalue weighted by molar-refractivity contribution is 6.25. The average Bonchev–Trinajstić information content (AvgIpc) is 4.01. The molecule has 0 saturated carbocycles. The van der Waals surface area contributed by atoms with Gasteiger partial charge in [-0.3, -0.25) is 43.8 Å². The number of piperidine rings is 1. The van der Waals surface area contributed by atoms with Crippen molar-refractivity contribution in [3.63, 3.8) is 0 Å². The van der Waals surface area contributed by atoms with Crippen LogP contribution in [0.4, 0.5) is 20.2 Å². The third kappa shape index (κ3) is 12.5. The van der Waals surface area contributed by atoms with Crippen LogP contribution in [0.1, 0.15) is 56.0 Å². The van der Waals surface area contributed by atoms with Crippen molar-refractivity contribution in [3.8, 4) is 0 Å². The maximum absolute atomic E-state index is 13.5. The Bertz CT molecular complexity index is 2540. The van der Waals surface area contributed by atoms with E-state index >= 15 is 0 Å². The molecule has 0 aliphatic carbocycles. The first-order chi connectivity index (χ1) is 33.3. The first-order valence-electron chi connectivity index (χ1n) is 22.7. The second kappa shape index (κ2) is 23.6. The van der Waals surface area contributed by atoms with Crippen molar-refractivity contribution < 1.29 is 66.0 Å². The van der Waals surface area contributed by atoms with Crippen LogP contribution >= 0.6 is 0 Å². The molecule has 0 radical (unpaired) electrons. The number of carbonyl (C=O) groups excluding carboxylic acids is 7. The topological polar surface area (TPSA) is 218 Å². The van der Waals surface area contributed by atoms with Gasteiger partial charge in [0.1, 0.15) is 29.3 Å². The number of nitrogens with zero attached hydrogens (tertiary/aromatic N) is 4. The molecule has 7 rings (SSSR count). The number of aromatic amines is 1. The Morgan fingerprint density at radius 1 is 0.754 bits per heavy atom. The summed E-state index contributed by atoms with van der Waals surface area (Å²) in [6.07, 6.45) is 0.412. The number of hydrogen-bond donors (Lipinski definition) is 3. The molecular weight excluding hydrogens is 905 g/mol. The van der Waals surface area contributed by atoms with E-state index in [1.807, 2.05) is 4.90 Å². The number of halogens is 2. The van der Waals surface area contributed by atoms with Gasteiger partial charge >= 0.3 is 0 Å². The molecule has 2 saturated heterocycles. The second-order valence-corrected chi connectivity index (χ2v) is 16.6. The molecule has 1 unspecified atom stereocenters. The lowest BCUT2D eigenvalue weighted by Gasteiger charge is -2.28. The number of amides is 7. The first kappa shape index (κ1) is 50.2. The highest BCUT2D eigenvalue weighted by Crippen LogP contribution is 2.34. The van der Waals surface area contributed by atoms with E-state index in [9.17, 15) is 42.3 Å². The summed E-state index contributed by atoms with van der Waals surface area (Å²) < 4.78 is 55.1. The molecule has 0 bridgehead atoms. The fourth-order valence-electron chi connectivity index (χ4n) is 8.24. The van der Waals surface area contributed by atoms with Gasteiger partial charge < -0.3 is 48.7 Å².